The van der Waals surface area contributed by atoms with E-state index in [1.165, 1.54) is 18.6 Å². The Hall–Kier alpha value is -1.16. The Balaban J connectivity index is 0.00000392. The van der Waals surface area contributed by atoms with Gasteiger partial charge in [-0.2, -0.15) is 11.8 Å². The number of nitrogens with one attached hydrogen (secondary N) is 3. The molecule has 0 aliphatic carbocycles. The predicted molar refractivity (Wildman–Crippen MR) is 129 cm³/mol. The highest BCUT2D eigenvalue weighted by atomic mass is 127. The zero-order valence-electron chi connectivity index (χ0n) is 17.2. The third kappa shape index (κ3) is 9.36. The number of amides is 1. The summed E-state index contributed by atoms with van der Waals surface area (Å²) in [6, 6.07) is 9.65. The molecule has 28 heavy (non-hydrogen) atoms. The summed E-state index contributed by atoms with van der Waals surface area (Å²) in [7, 11) is 1.76. The van der Waals surface area contributed by atoms with Crippen molar-refractivity contribution in [2.75, 3.05) is 25.9 Å². The number of halogens is 1. The molecule has 2 rings (SSSR count). The maximum absolute atomic E-state index is 12.2. The van der Waals surface area contributed by atoms with E-state index in [2.05, 4.69) is 20.9 Å². The fourth-order valence-corrected chi connectivity index (χ4v) is 4.02. The van der Waals surface area contributed by atoms with Gasteiger partial charge in [-0.1, -0.05) is 30.3 Å². The smallest absolute Gasteiger partial charge is 0.408 e. The number of alkyl carbamates (subject to hydrolysis) is 1. The van der Waals surface area contributed by atoms with Crippen LogP contribution >= 0.6 is 35.7 Å². The van der Waals surface area contributed by atoms with Crippen LogP contribution in [0.1, 0.15) is 45.2 Å². The van der Waals surface area contributed by atoms with Gasteiger partial charge in [-0.25, -0.2) is 4.79 Å². The molecule has 1 amide bonds. The molecule has 3 N–H and O–H groups in total. The summed E-state index contributed by atoms with van der Waals surface area (Å²) in [5.41, 5.74) is 0.479. The van der Waals surface area contributed by atoms with Crippen molar-refractivity contribution in [2.24, 2.45) is 4.99 Å². The minimum Gasteiger partial charge on any atom is -0.444 e. The maximum Gasteiger partial charge on any atom is 0.408 e. The van der Waals surface area contributed by atoms with Gasteiger partial charge in [0.2, 0.25) is 0 Å². The van der Waals surface area contributed by atoms with E-state index < -0.39 is 11.7 Å². The summed E-state index contributed by atoms with van der Waals surface area (Å²) in [5.74, 6) is 1.99. The number of rotatable bonds is 6. The number of carbonyl (C=O) groups excluding carboxylic acids is 1. The van der Waals surface area contributed by atoms with Gasteiger partial charge in [0.15, 0.2) is 5.96 Å². The molecule has 1 aromatic carbocycles. The van der Waals surface area contributed by atoms with Crippen LogP contribution in [0.3, 0.4) is 0 Å². The first-order chi connectivity index (χ1) is 12.9. The Morgan fingerprint density at radius 2 is 2.00 bits per heavy atom. The molecular formula is C20H33IN4O2S. The molecule has 1 aliphatic rings. The first-order valence-corrected chi connectivity index (χ1v) is 10.5. The lowest BCUT2D eigenvalue weighted by atomic mass is 10.1. The average Bonchev–Trinajstić information content (AvgIpc) is 3.13. The minimum absolute atomic E-state index is 0. The molecule has 0 bridgehead atoms. The lowest BCUT2D eigenvalue weighted by Gasteiger charge is -2.25. The summed E-state index contributed by atoms with van der Waals surface area (Å²) >= 11 is 2.01. The van der Waals surface area contributed by atoms with Crippen molar-refractivity contribution in [3.63, 3.8) is 0 Å². The van der Waals surface area contributed by atoms with Crippen LogP contribution in [-0.2, 0) is 4.74 Å². The van der Waals surface area contributed by atoms with Gasteiger partial charge < -0.3 is 20.7 Å². The second-order valence-corrected chi connectivity index (χ2v) is 8.99. The molecule has 1 saturated heterocycles. The van der Waals surface area contributed by atoms with Crippen LogP contribution in [0, 0.1) is 0 Å². The van der Waals surface area contributed by atoms with E-state index >= 15 is 0 Å². The van der Waals surface area contributed by atoms with Crippen LogP contribution in [0.2, 0.25) is 0 Å². The maximum atomic E-state index is 12.2. The molecule has 158 valence electrons. The quantitative estimate of drug-likeness (QED) is 0.301. The second kappa shape index (κ2) is 12.4. The van der Waals surface area contributed by atoms with E-state index in [1.54, 1.807) is 7.05 Å². The van der Waals surface area contributed by atoms with E-state index in [0.29, 0.717) is 11.8 Å². The molecular weight excluding hydrogens is 487 g/mol. The molecule has 1 heterocycles. The fraction of sp³-hybridized carbons (Fsp3) is 0.600. The molecule has 1 fully saturated rings. The Bertz CT molecular complexity index is 616. The number of aliphatic imine (C=N–C) groups is 1. The average molecular weight is 520 g/mol. The summed E-state index contributed by atoms with van der Waals surface area (Å²) < 4.78 is 5.41. The van der Waals surface area contributed by atoms with Gasteiger partial charge in [0.25, 0.3) is 0 Å². The van der Waals surface area contributed by atoms with Gasteiger partial charge >= 0.3 is 6.09 Å². The van der Waals surface area contributed by atoms with Crippen molar-refractivity contribution in [1.29, 1.82) is 0 Å². The van der Waals surface area contributed by atoms with Gasteiger partial charge in [0, 0.05) is 25.4 Å². The van der Waals surface area contributed by atoms with Crippen LogP contribution < -0.4 is 16.0 Å². The summed E-state index contributed by atoms with van der Waals surface area (Å²) in [5, 5.41) is 10.3. The zero-order chi connectivity index (χ0) is 19.7. The third-order valence-corrected chi connectivity index (χ3v) is 5.51. The Morgan fingerprint density at radius 1 is 1.29 bits per heavy atom. The highest BCUT2D eigenvalue weighted by Gasteiger charge is 2.21. The molecule has 8 heteroatoms. The first kappa shape index (κ1) is 24.9. The van der Waals surface area contributed by atoms with Crippen molar-refractivity contribution in [3.8, 4) is 0 Å². The monoisotopic (exact) mass is 520 g/mol. The molecule has 2 unspecified atom stereocenters. The molecule has 0 radical (unpaired) electrons. The van der Waals surface area contributed by atoms with Gasteiger partial charge in [-0.15, -0.1) is 24.0 Å². The van der Waals surface area contributed by atoms with Crippen LogP contribution in [0.25, 0.3) is 0 Å². The van der Waals surface area contributed by atoms with E-state index in [4.69, 9.17) is 4.74 Å². The number of carbonyl (C=O) groups is 1. The van der Waals surface area contributed by atoms with Crippen molar-refractivity contribution < 1.29 is 9.53 Å². The topological polar surface area (TPSA) is 74.8 Å². The fourth-order valence-electron chi connectivity index (χ4n) is 2.82. The molecule has 1 aromatic rings. The van der Waals surface area contributed by atoms with Crippen molar-refractivity contribution in [2.45, 2.75) is 50.5 Å². The van der Waals surface area contributed by atoms with Crippen LogP contribution in [-0.4, -0.2) is 48.8 Å². The Morgan fingerprint density at radius 3 is 2.57 bits per heavy atom. The summed E-state index contributed by atoms with van der Waals surface area (Å²) in [4.78, 5) is 16.5. The largest absolute Gasteiger partial charge is 0.444 e. The lowest BCUT2D eigenvalue weighted by molar-refractivity contribution is 0.0504. The number of thioether (sulfide) groups is 1. The standard InChI is InChI=1S/C20H32N4O2S.HI/c1-20(2,3)26-19(25)24-17(15-9-6-5-7-10-15)14-23-18(21-4)22-13-16-11-8-12-27-16;/h5-7,9-10,16-17H,8,11-14H2,1-4H3,(H,24,25)(H2,21,22,23);1H. The number of nitrogens with zero attached hydrogens (tertiary/aromatic N) is 1. The summed E-state index contributed by atoms with van der Waals surface area (Å²) in [6.45, 7) is 6.99. The first-order valence-electron chi connectivity index (χ1n) is 9.48. The van der Waals surface area contributed by atoms with Crippen molar-refractivity contribution in [1.82, 2.24) is 16.0 Å². The molecule has 6 nitrogen and oxygen atoms in total. The predicted octanol–water partition coefficient (Wildman–Crippen LogP) is 3.93. The molecule has 2 atom stereocenters. The third-order valence-electron chi connectivity index (χ3n) is 4.11. The molecule has 0 aromatic heterocycles. The number of benzene rings is 1. The van der Waals surface area contributed by atoms with Crippen molar-refractivity contribution in [3.05, 3.63) is 35.9 Å². The SMILES string of the molecule is CN=C(NCC1CCCS1)NCC(NC(=O)OC(C)(C)C)c1ccccc1.I. The Kier molecular flexibility index (Phi) is 11.0. The number of ether oxygens (including phenoxy) is 1. The lowest BCUT2D eigenvalue weighted by Crippen LogP contribution is -2.45. The summed E-state index contributed by atoms with van der Waals surface area (Å²) in [6.07, 6.45) is 2.11. The van der Waals surface area contributed by atoms with Crippen LogP contribution in [0.4, 0.5) is 4.79 Å². The number of hydrogen-bond acceptors (Lipinski definition) is 4. The second-order valence-electron chi connectivity index (χ2n) is 7.58. The van der Waals surface area contributed by atoms with Crippen LogP contribution in [0.15, 0.2) is 35.3 Å². The molecule has 1 aliphatic heterocycles. The highest BCUT2D eigenvalue weighted by molar-refractivity contribution is 14.0. The van der Waals surface area contributed by atoms with E-state index in [1.807, 2.05) is 62.9 Å². The van der Waals surface area contributed by atoms with Gasteiger partial charge in [0.05, 0.1) is 6.04 Å². The van der Waals surface area contributed by atoms with E-state index in [0.717, 1.165) is 18.1 Å². The van der Waals surface area contributed by atoms with Crippen LogP contribution in [0.5, 0.6) is 0 Å². The van der Waals surface area contributed by atoms with Gasteiger partial charge in [0.1, 0.15) is 5.60 Å². The normalized spacial score (nSPS) is 18.0. The minimum atomic E-state index is -0.532. The van der Waals surface area contributed by atoms with E-state index in [9.17, 15) is 4.79 Å². The molecule has 0 saturated carbocycles. The number of hydrogen-bond donors (Lipinski definition) is 3. The Labute approximate surface area is 190 Å². The molecule has 0 spiro atoms. The van der Waals surface area contributed by atoms with Crippen molar-refractivity contribution >= 4 is 47.8 Å². The van der Waals surface area contributed by atoms with Gasteiger partial charge in [-0.3, -0.25) is 4.99 Å². The zero-order valence-corrected chi connectivity index (χ0v) is 20.3. The van der Waals surface area contributed by atoms with E-state index in [-0.39, 0.29) is 30.0 Å². The highest BCUT2D eigenvalue weighted by Crippen LogP contribution is 2.25. The van der Waals surface area contributed by atoms with Gasteiger partial charge in [-0.05, 0) is 44.9 Å². The number of guanidine groups is 1.